The minimum atomic E-state index is -0.162. The second kappa shape index (κ2) is 5.50. The van der Waals surface area contributed by atoms with Crippen LogP contribution in [0.15, 0.2) is 42.6 Å². The Morgan fingerprint density at radius 3 is 2.91 bits per heavy atom. The Bertz CT molecular complexity index is 865. The Labute approximate surface area is 134 Å². The molecule has 0 spiro atoms. The predicted molar refractivity (Wildman–Crippen MR) is 88.1 cm³/mol. The maximum atomic E-state index is 12.0. The summed E-state index contributed by atoms with van der Waals surface area (Å²) in [5, 5.41) is 2.90. The Morgan fingerprint density at radius 1 is 1.30 bits per heavy atom. The molecule has 0 radical (unpaired) electrons. The van der Waals surface area contributed by atoms with Gasteiger partial charge in [0.25, 0.3) is 5.91 Å². The van der Waals surface area contributed by atoms with Crippen LogP contribution in [0.5, 0.6) is 0 Å². The summed E-state index contributed by atoms with van der Waals surface area (Å²) in [5.41, 5.74) is 3.62. The first-order valence-electron chi connectivity index (χ1n) is 7.87. The highest BCUT2D eigenvalue weighted by Crippen LogP contribution is 2.40. The number of carbonyl (C=O) groups is 1. The Balaban J connectivity index is 1.52. The number of nitrogens with one attached hydrogen (secondary N) is 1. The van der Waals surface area contributed by atoms with E-state index in [4.69, 9.17) is 4.98 Å². The van der Waals surface area contributed by atoms with Crippen LogP contribution in [-0.2, 0) is 13.6 Å². The summed E-state index contributed by atoms with van der Waals surface area (Å²) in [6.07, 6.45) is 4.10. The van der Waals surface area contributed by atoms with E-state index in [0.29, 0.717) is 18.2 Å². The van der Waals surface area contributed by atoms with Crippen molar-refractivity contribution < 1.29 is 4.79 Å². The number of benzene rings is 1. The lowest BCUT2D eigenvalue weighted by Crippen LogP contribution is -2.23. The van der Waals surface area contributed by atoms with Gasteiger partial charge in [0.2, 0.25) is 0 Å². The van der Waals surface area contributed by atoms with Gasteiger partial charge in [-0.25, -0.2) is 4.98 Å². The van der Waals surface area contributed by atoms with Gasteiger partial charge in [-0.05, 0) is 42.7 Å². The Kier molecular flexibility index (Phi) is 3.33. The standard InChI is InChI=1S/C18H18N4O/c1-22-16-8-5-12(10-15(16)21-17(22)13-6-7-13)11-20-18(23)14-4-2-3-9-19-14/h2-5,8-10,13H,6-7,11H2,1H3,(H,20,23). The molecule has 0 atom stereocenters. The zero-order valence-corrected chi connectivity index (χ0v) is 13.0. The first kappa shape index (κ1) is 13.9. The SMILES string of the molecule is Cn1c(C2CC2)nc2cc(CNC(=O)c3ccccn3)ccc21. The molecule has 5 heteroatoms. The van der Waals surface area contributed by atoms with E-state index >= 15 is 0 Å². The molecule has 2 aromatic heterocycles. The summed E-state index contributed by atoms with van der Waals surface area (Å²) >= 11 is 0. The van der Waals surface area contributed by atoms with Crippen LogP contribution in [0.1, 0.15) is 40.6 Å². The van der Waals surface area contributed by atoms with Gasteiger partial charge in [-0.2, -0.15) is 0 Å². The summed E-state index contributed by atoms with van der Waals surface area (Å²) in [6.45, 7) is 0.473. The number of carbonyl (C=O) groups excluding carboxylic acids is 1. The minimum Gasteiger partial charge on any atom is -0.347 e. The van der Waals surface area contributed by atoms with Crippen molar-refractivity contribution in [2.24, 2.45) is 7.05 Å². The molecule has 3 aromatic rings. The Morgan fingerprint density at radius 2 is 2.17 bits per heavy atom. The van der Waals surface area contributed by atoms with Gasteiger partial charge in [0.15, 0.2) is 0 Å². The molecule has 1 saturated carbocycles. The zero-order chi connectivity index (χ0) is 15.8. The molecule has 1 fully saturated rings. The highest BCUT2D eigenvalue weighted by atomic mass is 16.1. The second-order valence-electron chi connectivity index (χ2n) is 6.02. The summed E-state index contributed by atoms with van der Waals surface area (Å²) in [7, 11) is 2.07. The molecule has 1 aliphatic rings. The lowest BCUT2D eigenvalue weighted by molar-refractivity contribution is 0.0946. The number of hydrogen-bond donors (Lipinski definition) is 1. The van der Waals surface area contributed by atoms with Crippen molar-refractivity contribution in [3.8, 4) is 0 Å². The van der Waals surface area contributed by atoms with Crippen LogP contribution < -0.4 is 5.32 Å². The molecule has 4 rings (SSSR count). The lowest BCUT2D eigenvalue weighted by atomic mass is 10.2. The summed E-state index contributed by atoms with van der Waals surface area (Å²) in [6, 6.07) is 11.5. The molecule has 23 heavy (non-hydrogen) atoms. The van der Waals surface area contributed by atoms with Crippen LogP contribution in [0, 0.1) is 0 Å². The van der Waals surface area contributed by atoms with Crippen molar-refractivity contribution in [2.45, 2.75) is 25.3 Å². The van der Waals surface area contributed by atoms with Crippen LogP contribution in [0.3, 0.4) is 0 Å². The minimum absolute atomic E-state index is 0.162. The number of hydrogen-bond acceptors (Lipinski definition) is 3. The molecule has 0 bridgehead atoms. The van der Waals surface area contributed by atoms with E-state index in [2.05, 4.69) is 34.0 Å². The summed E-state index contributed by atoms with van der Waals surface area (Å²) in [4.78, 5) is 20.9. The van der Waals surface area contributed by atoms with Gasteiger partial charge in [0.1, 0.15) is 11.5 Å². The number of imidazole rings is 1. The quantitative estimate of drug-likeness (QED) is 0.806. The number of aryl methyl sites for hydroxylation is 1. The second-order valence-corrected chi connectivity index (χ2v) is 6.02. The molecule has 116 valence electrons. The van der Waals surface area contributed by atoms with E-state index in [1.807, 2.05) is 6.07 Å². The molecule has 2 heterocycles. The highest BCUT2D eigenvalue weighted by Gasteiger charge is 2.28. The maximum Gasteiger partial charge on any atom is 0.270 e. The smallest absolute Gasteiger partial charge is 0.270 e. The van der Waals surface area contributed by atoms with Crippen LogP contribution >= 0.6 is 0 Å². The van der Waals surface area contributed by atoms with Crippen molar-refractivity contribution in [3.05, 3.63) is 59.7 Å². The average molecular weight is 306 g/mol. The topological polar surface area (TPSA) is 59.8 Å². The lowest BCUT2D eigenvalue weighted by Gasteiger charge is -2.05. The molecule has 5 nitrogen and oxygen atoms in total. The molecule has 0 saturated heterocycles. The fraction of sp³-hybridized carbons (Fsp3) is 0.278. The third-order valence-corrected chi connectivity index (χ3v) is 4.27. The van der Waals surface area contributed by atoms with Gasteiger partial charge in [0.05, 0.1) is 11.0 Å². The van der Waals surface area contributed by atoms with Crippen LogP contribution in [0.4, 0.5) is 0 Å². The van der Waals surface area contributed by atoms with E-state index in [-0.39, 0.29) is 5.91 Å². The van der Waals surface area contributed by atoms with E-state index < -0.39 is 0 Å². The molecule has 1 aliphatic carbocycles. The number of nitrogens with zero attached hydrogens (tertiary/aromatic N) is 3. The summed E-state index contributed by atoms with van der Waals surface area (Å²) < 4.78 is 2.18. The van der Waals surface area contributed by atoms with Gasteiger partial charge in [0, 0.05) is 25.7 Å². The zero-order valence-electron chi connectivity index (χ0n) is 13.0. The van der Waals surface area contributed by atoms with Crippen molar-refractivity contribution in [2.75, 3.05) is 0 Å². The highest BCUT2D eigenvalue weighted by molar-refractivity contribution is 5.92. The van der Waals surface area contributed by atoms with E-state index in [1.54, 1.807) is 24.4 Å². The van der Waals surface area contributed by atoms with Crippen molar-refractivity contribution in [3.63, 3.8) is 0 Å². The number of pyridine rings is 1. The van der Waals surface area contributed by atoms with Crippen molar-refractivity contribution >= 4 is 16.9 Å². The van der Waals surface area contributed by atoms with Crippen LogP contribution in [0.25, 0.3) is 11.0 Å². The van der Waals surface area contributed by atoms with Crippen LogP contribution in [0.2, 0.25) is 0 Å². The fourth-order valence-corrected chi connectivity index (χ4v) is 2.85. The maximum absolute atomic E-state index is 12.0. The molecule has 1 N–H and O–H groups in total. The molecular formula is C18H18N4O. The molecular weight excluding hydrogens is 288 g/mol. The third-order valence-electron chi connectivity index (χ3n) is 4.27. The normalized spacial score (nSPS) is 14.1. The number of aromatic nitrogens is 3. The van der Waals surface area contributed by atoms with E-state index in [9.17, 15) is 4.79 Å². The molecule has 0 unspecified atom stereocenters. The van der Waals surface area contributed by atoms with Gasteiger partial charge in [-0.3, -0.25) is 9.78 Å². The fourth-order valence-electron chi connectivity index (χ4n) is 2.85. The average Bonchev–Trinajstić information content (AvgIpc) is 3.38. The van der Waals surface area contributed by atoms with Gasteiger partial charge >= 0.3 is 0 Å². The van der Waals surface area contributed by atoms with Gasteiger partial charge in [-0.15, -0.1) is 0 Å². The van der Waals surface area contributed by atoms with E-state index in [1.165, 1.54) is 18.7 Å². The molecule has 1 aromatic carbocycles. The summed E-state index contributed by atoms with van der Waals surface area (Å²) in [5.74, 6) is 1.64. The third kappa shape index (κ3) is 2.70. The monoisotopic (exact) mass is 306 g/mol. The van der Waals surface area contributed by atoms with Crippen molar-refractivity contribution in [1.29, 1.82) is 0 Å². The number of amides is 1. The Hall–Kier alpha value is -2.69. The van der Waals surface area contributed by atoms with E-state index in [0.717, 1.165) is 16.6 Å². The first-order chi connectivity index (χ1) is 11.2. The van der Waals surface area contributed by atoms with Gasteiger partial charge in [-0.1, -0.05) is 12.1 Å². The predicted octanol–water partition coefficient (Wildman–Crippen LogP) is 2.78. The van der Waals surface area contributed by atoms with Crippen LogP contribution in [-0.4, -0.2) is 20.4 Å². The molecule has 1 amide bonds. The van der Waals surface area contributed by atoms with Gasteiger partial charge < -0.3 is 9.88 Å². The van der Waals surface area contributed by atoms with Crippen molar-refractivity contribution in [1.82, 2.24) is 19.9 Å². The first-order valence-corrected chi connectivity index (χ1v) is 7.87. The number of rotatable bonds is 4. The molecule has 0 aliphatic heterocycles. The largest absolute Gasteiger partial charge is 0.347 e. The number of fused-ring (bicyclic) bond motifs is 1.